The van der Waals surface area contributed by atoms with Crippen molar-refractivity contribution in [3.8, 4) is 5.69 Å². The van der Waals surface area contributed by atoms with E-state index < -0.39 is 0 Å². The van der Waals surface area contributed by atoms with Crippen molar-refractivity contribution in [3.63, 3.8) is 0 Å². The molecule has 28 heavy (non-hydrogen) atoms. The number of nitrogens with zero attached hydrogens (tertiary/aromatic N) is 2. The first-order valence-electron chi connectivity index (χ1n) is 9.51. The Morgan fingerprint density at radius 3 is 2.46 bits per heavy atom. The maximum atomic E-state index is 13.0. The molecule has 4 rings (SSSR count). The molecule has 2 heterocycles. The molecule has 0 bridgehead atoms. The second kappa shape index (κ2) is 7.13. The zero-order valence-corrected chi connectivity index (χ0v) is 17.6. The van der Waals surface area contributed by atoms with Gasteiger partial charge < -0.3 is 5.32 Å². The minimum Gasteiger partial charge on any atom is -0.306 e. The number of aryl methyl sites for hydroxylation is 1. The Morgan fingerprint density at radius 1 is 1.07 bits per heavy atom. The largest absolute Gasteiger partial charge is 0.306 e. The van der Waals surface area contributed by atoms with Crippen LogP contribution in [0.4, 0.5) is 5.82 Å². The number of rotatable bonds is 3. The summed E-state index contributed by atoms with van der Waals surface area (Å²) in [7, 11) is 0. The van der Waals surface area contributed by atoms with Gasteiger partial charge in [-0.25, -0.2) is 4.68 Å². The van der Waals surface area contributed by atoms with E-state index in [9.17, 15) is 4.79 Å². The Kier molecular flexibility index (Phi) is 4.79. The smallest absolute Gasteiger partial charge is 0.256 e. The highest BCUT2D eigenvalue weighted by atomic mass is 32.2. The molecule has 4 nitrogen and oxygen atoms in total. The first kappa shape index (κ1) is 18.8. The maximum absolute atomic E-state index is 13.0. The molecular formula is C23H25N3OS. The summed E-state index contributed by atoms with van der Waals surface area (Å²) in [5.74, 6) is 2.45. The van der Waals surface area contributed by atoms with Gasteiger partial charge in [0.25, 0.3) is 5.91 Å². The van der Waals surface area contributed by atoms with Crippen LogP contribution in [-0.4, -0.2) is 15.7 Å². The van der Waals surface area contributed by atoms with Gasteiger partial charge in [-0.05, 0) is 41.7 Å². The van der Waals surface area contributed by atoms with Gasteiger partial charge in [0.2, 0.25) is 0 Å². The summed E-state index contributed by atoms with van der Waals surface area (Å²) < 4.78 is 1.89. The lowest BCUT2D eigenvalue weighted by Crippen LogP contribution is -2.17. The third-order valence-corrected chi connectivity index (χ3v) is 6.11. The number of carbonyl (C=O) groups is 1. The predicted molar refractivity (Wildman–Crippen MR) is 116 cm³/mol. The van der Waals surface area contributed by atoms with Gasteiger partial charge in [-0.15, -0.1) is 0 Å². The highest BCUT2D eigenvalue weighted by molar-refractivity contribution is 7.98. The molecule has 2 aromatic carbocycles. The van der Waals surface area contributed by atoms with E-state index in [1.807, 2.05) is 58.9 Å². The van der Waals surface area contributed by atoms with Crippen molar-refractivity contribution in [2.45, 2.75) is 44.6 Å². The van der Waals surface area contributed by atoms with E-state index in [1.54, 1.807) is 0 Å². The first-order chi connectivity index (χ1) is 13.3. The molecule has 0 spiro atoms. The highest BCUT2D eigenvalue weighted by Gasteiger charge is 2.25. The van der Waals surface area contributed by atoms with Crippen molar-refractivity contribution in [1.82, 2.24) is 9.78 Å². The third-order valence-electron chi connectivity index (χ3n) is 5.14. The second-order valence-corrected chi connectivity index (χ2v) is 9.23. The van der Waals surface area contributed by atoms with Crippen molar-refractivity contribution in [2.75, 3.05) is 5.32 Å². The number of fused-ring (bicyclic) bond motifs is 1. The Labute approximate surface area is 170 Å². The monoisotopic (exact) mass is 391 g/mol. The molecule has 0 fully saturated rings. The molecule has 0 saturated carbocycles. The molecule has 3 aromatic rings. The van der Waals surface area contributed by atoms with E-state index in [0.717, 1.165) is 39.8 Å². The summed E-state index contributed by atoms with van der Waals surface area (Å²) in [5.41, 5.74) is 6.26. The highest BCUT2D eigenvalue weighted by Crippen LogP contribution is 2.36. The van der Waals surface area contributed by atoms with E-state index >= 15 is 0 Å². The van der Waals surface area contributed by atoms with Gasteiger partial charge in [-0.3, -0.25) is 4.79 Å². The van der Waals surface area contributed by atoms with Gasteiger partial charge >= 0.3 is 0 Å². The number of hydrogen-bond acceptors (Lipinski definition) is 3. The van der Waals surface area contributed by atoms with Crippen molar-refractivity contribution in [1.29, 1.82) is 0 Å². The van der Waals surface area contributed by atoms with Crippen molar-refractivity contribution >= 4 is 23.5 Å². The molecular weight excluding hydrogens is 366 g/mol. The molecule has 1 amide bonds. The SMILES string of the molecule is Cc1ccccc1-n1nc2c(c1NC(=O)c1ccc(C(C)(C)C)cc1)CSC2. The Bertz CT molecular complexity index is 1030. The zero-order chi connectivity index (χ0) is 19.9. The van der Waals surface area contributed by atoms with Crippen LogP contribution in [0.15, 0.2) is 48.5 Å². The van der Waals surface area contributed by atoms with E-state index in [-0.39, 0.29) is 11.3 Å². The van der Waals surface area contributed by atoms with E-state index in [4.69, 9.17) is 5.10 Å². The number of nitrogens with one attached hydrogen (secondary N) is 1. The molecule has 1 aliphatic heterocycles. The van der Waals surface area contributed by atoms with Crippen LogP contribution < -0.4 is 5.32 Å². The number of para-hydroxylation sites is 1. The van der Waals surface area contributed by atoms with Gasteiger partial charge in [0.1, 0.15) is 5.82 Å². The van der Waals surface area contributed by atoms with Crippen molar-refractivity contribution < 1.29 is 4.79 Å². The van der Waals surface area contributed by atoms with Crippen LogP contribution >= 0.6 is 11.8 Å². The molecule has 1 N–H and O–H groups in total. The molecule has 144 valence electrons. The lowest BCUT2D eigenvalue weighted by Gasteiger charge is -2.19. The predicted octanol–water partition coefficient (Wildman–Crippen LogP) is 5.48. The fourth-order valence-corrected chi connectivity index (χ4v) is 4.45. The number of carbonyl (C=O) groups excluding carboxylic acids is 1. The summed E-state index contributed by atoms with van der Waals surface area (Å²) in [5, 5.41) is 7.94. The van der Waals surface area contributed by atoms with Crippen LogP contribution in [0.3, 0.4) is 0 Å². The molecule has 1 aliphatic rings. The second-order valence-electron chi connectivity index (χ2n) is 8.25. The Balaban J connectivity index is 1.68. The normalized spacial score (nSPS) is 13.4. The van der Waals surface area contributed by atoms with Crippen LogP contribution in [0.1, 0.15) is 53.5 Å². The Morgan fingerprint density at radius 2 is 1.79 bits per heavy atom. The van der Waals surface area contributed by atoms with Gasteiger partial charge in [-0.1, -0.05) is 51.1 Å². The fourth-order valence-electron chi connectivity index (χ4n) is 3.42. The van der Waals surface area contributed by atoms with Crippen molar-refractivity contribution in [3.05, 3.63) is 76.5 Å². The summed E-state index contributed by atoms with van der Waals surface area (Å²) in [6.45, 7) is 8.57. The molecule has 0 radical (unpaired) electrons. The van der Waals surface area contributed by atoms with Crippen LogP contribution in [0.25, 0.3) is 5.69 Å². The minimum absolute atomic E-state index is 0.0660. The van der Waals surface area contributed by atoms with E-state index in [0.29, 0.717) is 5.56 Å². The molecule has 0 atom stereocenters. The van der Waals surface area contributed by atoms with Crippen LogP contribution in [-0.2, 0) is 16.9 Å². The number of thioether (sulfide) groups is 1. The molecule has 0 unspecified atom stereocenters. The van der Waals surface area contributed by atoms with Crippen LogP contribution in [0, 0.1) is 6.92 Å². The summed E-state index contributed by atoms with van der Waals surface area (Å²) >= 11 is 1.83. The minimum atomic E-state index is -0.102. The quantitative estimate of drug-likeness (QED) is 0.643. The van der Waals surface area contributed by atoms with Gasteiger partial charge in [0.05, 0.1) is 11.4 Å². The van der Waals surface area contributed by atoms with E-state index in [2.05, 4.69) is 39.1 Å². The summed E-state index contributed by atoms with van der Waals surface area (Å²) in [6.07, 6.45) is 0. The molecule has 0 saturated heterocycles. The van der Waals surface area contributed by atoms with Crippen molar-refractivity contribution in [2.24, 2.45) is 0 Å². The van der Waals surface area contributed by atoms with Gasteiger partial charge in [0.15, 0.2) is 0 Å². The number of amides is 1. The standard InChI is InChI=1S/C23H25N3OS/c1-15-7-5-6-8-20(15)26-21(18-13-28-14-19(18)25-26)24-22(27)16-9-11-17(12-10-16)23(2,3)4/h5-12H,13-14H2,1-4H3,(H,24,27). The van der Waals surface area contributed by atoms with E-state index in [1.165, 1.54) is 5.56 Å². The van der Waals surface area contributed by atoms with Gasteiger partial charge in [0, 0.05) is 22.6 Å². The Hall–Kier alpha value is -2.53. The molecule has 5 heteroatoms. The fraction of sp³-hybridized carbons (Fsp3) is 0.304. The zero-order valence-electron chi connectivity index (χ0n) is 16.7. The lowest BCUT2D eigenvalue weighted by atomic mass is 9.87. The maximum Gasteiger partial charge on any atom is 0.256 e. The third kappa shape index (κ3) is 3.47. The van der Waals surface area contributed by atoms with Crippen LogP contribution in [0.2, 0.25) is 0 Å². The summed E-state index contributed by atoms with van der Waals surface area (Å²) in [4.78, 5) is 13.0. The molecule has 0 aliphatic carbocycles. The first-order valence-corrected chi connectivity index (χ1v) is 10.7. The molecule has 1 aromatic heterocycles. The number of hydrogen-bond donors (Lipinski definition) is 1. The number of aromatic nitrogens is 2. The summed E-state index contributed by atoms with van der Waals surface area (Å²) in [6, 6.07) is 16.0. The number of anilines is 1. The number of benzene rings is 2. The topological polar surface area (TPSA) is 46.9 Å². The van der Waals surface area contributed by atoms with Crippen LogP contribution in [0.5, 0.6) is 0 Å². The average Bonchev–Trinajstić information content (AvgIpc) is 3.24. The van der Waals surface area contributed by atoms with Gasteiger partial charge in [-0.2, -0.15) is 16.9 Å². The lowest BCUT2D eigenvalue weighted by molar-refractivity contribution is 0.102. The average molecular weight is 392 g/mol.